The standard InChI is InChI=1S/C14H24O4/c1-3-5-6-7-8-9-12-18-14(16)11-10-13(15)17-4-2/h4H,2-3,5-12H2,1H3. The summed E-state index contributed by atoms with van der Waals surface area (Å²) >= 11 is 0. The van der Waals surface area contributed by atoms with Gasteiger partial charge in [0.1, 0.15) is 0 Å². The first-order valence-corrected chi connectivity index (χ1v) is 6.66. The van der Waals surface area contributed by atoms with Gasteiger partial charge in [0.2, 0.25) is 0 Å². The zero-order chi connectivity index (χ0) is 13.6. The molecule has 0 aromatic carbocycles. The van der Waals surface area contributed by atoms with Crippen molar-refractivity contribution in [2.24, 2.45) is 0 Å². The summed E-state index contributed by atoms with van der Waals surface area (Å²) in [6, 6.07) is 0. The van der Waals surface area contributed by atoms with Crippen LogP contribution in [0.3, 0.4) is 0 Å². The quantitative estimate of drug-likeness (QED) is 0.323. The van der Waals surface area contributed by atoms with Crippen molar-refractivity contribution in [3.8, 4) is 0 Å². The maximum absolute atomic E-state index is 11.2. The van der Waals surface area contributed by atoms with Gasteiger partial charge in [-0.15, -0.1) is 0 Å². The molecule has 0 atom stereocenters. The molecule has 0 heterocycles. The lowest BCUT2D eigenvalue weighted by atomic mass is 10.1. The maximum Gasteiger partial charge on any atom is 0.311 e. The van der Waals surface area contributed by atoms with E-state index >= 15 is 0 Å². The van der Waals surface area contributed by atoms with E-state index in [-0.39, 0.29) is 18.8 Å². The van der Waals surface area contributed by atoms with Crippen LogP contribution < -0.4 is 0 Å². The molecule has 0 saturated heterocycles. The first kappa shape index (κ1) is 16.7. The minimum Gasteiger partial charge on any atom is -0.466 e. The van der Waals surface area contributed by atoms with Crippen LogP contribution in [0.15, 0.2) is 12.8 Å². The van der Waals surface area contributed by atoms with Gasteiger partial charge in [0.05, 0.1) is 25.7 Å². The summed E-state index contributed by atoms with van der Waals surface area (Å²) in [6.07, 6.45) is 8.10. The second kappa shape index (κ2) is 12.1. The first-order valence-electron chi connectivity index (χ1n) is 6.66. The largest absolute Gasteiger partial charge is 0.466 e. The van der Waals surface area contributed by atoms with E-state index in [9.17, 15) is 9.59 Å². The Balaban J connectivity index is 3.31. The van der Waals surface area contributed by atoms with Crippen LogP contribution in [0.2, 0.25) is 0 Å². The molecule has 0 fully saturated rings. The normalized spacial score (nSPS) is 9.83. The lowest BCUT2D eigenvalue weighted by molar-refractivity contribution is -0.148. The molecule has 0 N–H and O–H groups in total. The predicted octanol–water partition coefficient (Wildman–Crippen LogP) is 3.36. The van der Waals surface area contributed by atoms with E-state index in [4.69, 9.17) is 4.74 Å². The van der Waals surface area contributed by atoms with Crippen LogP contribution in [-0.4, -0.2) is 18.5 Å². The van der Waals surface area contributed by atoms with Gasteiger partial charge in [0.15, 0.2) is 0 Å². The Morgan fingerprint density at radius 1 is 1.00 bits per heavy atom. The summed E-state index contributed by atoms with van der Waals surface area (Å²) in [6.45, 7) is 5.89. The summed E-state index contributed by atoms with van der Waals surface area (Å²) in [4.78, 5) is 22.2. The lowest BCUT2D eigenvalue weighted by Gasteiger charge is -2.04. The molecule has 0 aliphatic carbocycles. The summed E-state index contributed by atoms with van der Waals surface area (Å²) in [5.74, 6) is -0.800. The molecular weight excluding hydrogens is 232 g/mol. The zero-order valence-electron chi connectivity index (χ0n) is 11.3. The van der Waals surface area contributed by atoms with Crippen LogP contribution in [-0.2, 0) is 19.1 Å². The molecule has 104 valence electrons. The monoisotopic (exact) mass is 256 g/mol. The van der Waals surface area contributed by atoms with E-state index in [1.54, 1.807) is 0 Å². The molecule has 0 saturated carbocycles. The van der Waals surface area contributed by atoms with Crippen molar-refractivity contribution < 1.29 is 19.1 Å². The molecule has 0 bridgehead atoms. The van der Waals surface area contributed by atoms with Gasteiger partial charge in [-0.05, 0) is 6.42 Å². The van der Waals surface area contributed by atoms with E-state index in [0.29, 0.717) is 6.61 Å². The van der Waals surface area contributed by atoms with E-state index < -0.39 is 5.97 Å². The van der Waals surface area contributed by atoms with E-state index in [1.165, 1.54) is 25.7 Å². The fourth-order valence-corrected chi connectivity index (χ4v) is 1.50. The van der Waals surface area contributed by atoms with Crippen LogP contribution in [0.4, 0.5) is 0 Å². The number of carbonyl (C=O) groups is 2. The van der Waals surface area contributed by atoms with E-state index in [0.717, 1.165) is 19.1 Å². The summed E-state index contributed by atoms with van der Waals surface area (Å²) < 4.78 is 9.49. The number of hydrogen-bond donors (Lipinski definition) is 0. The molecule has 18 heavy (non-hydrogen) atoms. The third-order valence-electron chi connectivity index (χ3n) is 2.51. The molecule has 0 aromatic heterocycles. The van der Waals surface area contributed by atoms with Crippen LogP contribution in [0.1, 0.15) is 58.3 Å². The summed E-state index contributed by atoms with van der Waals surface area (Å²) in [7, 11) is 0. The lowest BCUT2D eigenvalue weighted by Crippen LogP contribution is -2.09. The third-order valence-corrected chi connectivity index (χ3v) is 2.51. The Morgan fingerprint density at radius 2 is 1.61 bits per heavy atom. The number of ether oxygens (including phenoxy) is 2. The highest BCUT2D eigenvalue weighted by Crippen LogP contribution is 2.05. The molecule has 4 heteroatoms. The zero-order valence-corrected chi connectivity index (χ0v) is 11.3. The Hall–Kier alpha value is -1.32. The summed E-state index contributed by atoms with van der Waals surface area (Å²) in [5, 5.41) is 0. The second-order valence-corrected chi connectivity index (χ2v) is 4.14. The summed E-state index contributed by atoms with van der Waals surface area (Å²) in [5.41, 5.74) is 0. The van der Waals surface area contributed by atoms with Crippen molar-refractivity contribution in [1.29, 1.82) is 0 Å². The van der Waals surface area contributed by atoms with Crippen molar-refractivity contribution in [1.82, 2.24) is 0 Å². The Labute approximate surface area is 109 Å². The van der Waals surface area contributed by atoms with Gasteiger partial charge in [0.25, 0.3) is 0 Å². The molecule has 4 nitrogen and oxygen atoms in total. The highest BCUT2D eigenvalue weighted by Gasteiger charge is 2.07. The average molecular weight is 256 g/mol. The number of unbranched alkanes of at least 4 members (excludes halogenated alkanes) is 5. The molecular formula is C14H24O4. The van der Waals surface area contributed by atoms with Crippen LogP contribution >= 0.6 is 0 Å². The second-order valence-electron chi connectivity index (χ2n) is 4.14. The fourth-order valence-electron chi connectivity index (χ4n) is 1.50. The Bertz CT molecular complexity index is 248. The number of hydrogen-bond acceptors (Lipinski definition) is 4. The molecule has 0 aliphatic heterocycles. The number of esters is 2. The Morgan fingerprint density at radius 3 is 2.28 bits per heavy atom. The van der Waals surface area contributed by atoms with Crippen molar-refractivity contribution in [3.63, 3.8) is 0 Å². The molecule has 0 aromatic rings. The molecule has 0 radical (unpaired) electrons. The fraction of sp³-hybridized carbons (Fsp3) is 0.714. The SMILES string of the molecule is C=COC(=O)CCC(=O)OCCCCCCCC. The van der Waals surface area contributed by atoms with Crippen LogP contribution in [0, 0.1) is 0 Å². The van der Waals surface area contributed by atoms with Crippen molar-refractivity contribution in [2.75, 3.05) is 6.61 Å². The van der Waals surface area contributed by atoms with Crippen molar-refractivity contribution in [2.45, 2.75) is 58.3 Å². The van der Waals surface area contributed by atoms with Crippen LogP contribution in [0.25, 0.3) is 0 Å². The molecule has 0 spiro atoms. The molecule has 0 amide bonds. The van der Waals surface area contributed by atoms with Gasteiger partial charge in [-0.3, -0.25) is 9.59 Å². The highest BCUT2D eigenvalue weighted by atomic mass is 16.5. The van der Waals surface area contributed by atoms with Gasteiger partial charge in [0, 0.05) is 0 Å². The van der Waals surface area contributed by atoms with E-state index in [1.807, 2.05) is 0 Å². The third kappa shape index (κ3) is 11.2. The van der Waals surface area contributed by atoms with Gasteiger partial charge >= 0.3 is 11.9 Å². The van der Waals surface area contributed by atoms with Gasteiger partial charge < -0.3 is 9.47 Å². The molecule has 0 unspecified atom stereocenters. The molecule has 0 rings (SSSR count). The van der Waals surface area contributed by atoms with Crippen LogP contribution in [0.5, 0.6) is 0 Å². The minimum absolute atomic E-state index is 0.0430. The first-order chi connectivity index (χ1) is 8.70. The van der Waals surface area contributed by atoms with Gasteiger partial charge in [-0.1, -0.05) is 45.6 Å². The van der Waals surface area contributed by atoms with Crippen molar-refractivity contribution >= 4 is 11.9 Å². The van der Waals surface area contributed by atoms with Gasteiger partial charge in [-0.2, -0.15) is 0 Å². The maximum atomic E-state index is 11.2. The van der Waals surface area contributed by atoms with Crippen molar-refractivity contribution in [3.05, 3.63) is 12.8 Å². The topological polar surface area (TPSA) is 52.6 Å². The predicted molar refractivity (Wildman–Crippen MR) is 69.9 cm³/mol. The number of rotatable bonds is 11. The minimum atomic E-state index is -0.457. The molecule has 0 aliphatic rings. The average Bonchev–Trinajstić information content (AvgIpc) is 2.35. The van der Waals surface area contributed by atoms with Gasteiger partial charge in [-0.25, -0.2) is 0 Å². The Kier molecular flexibility index (Phi) is 11.3. The highest BCUT2D eigenvalue weighted by molar-refractivity contribution is 5.77. The number of carbonyl (C=O) groups excluding carboxylic acids is 2. The van der Waals surface area contributed by atoms with E-state index in [2.05, 4.69) is 18.2 Å². The smallest absolute Gasteiger partial charge is 0.311 e.